The SMILES string of the molecule is Nc1ncccc1-c1nc2ccc(-n3ccc(N4CCN(C5COC5)CC4)n3)nc2n1-c1ccc2c(c1)OCC2. The molecule has 2 N–H and O–H groups in total. The van der Waals surface area contributed by atoms with E-state index in [9.17, 15) is 0 Å². The maximum atomic E-state index is 6.30. The highest BCUT2D eigenvalue weighted by Gasteiger charge is 2.29. The molecule has 2 saturated heterocycles. The van der Waals surface area contributed by atoms with Crippen molar-refractivity contribution in [3.05, 3.63) is 66.5 Å². The molecule has 0 unspecified atom stereocenters. The Hall–Kier alpha value is -4.48. The molecule has 0 saturated carbocycles. The zero-order chi connectivity index (χ0) is 26.6. The first-order valence-corrected chi connectivity index (χ1v) is 13.7. The molecule has 202 valence electrons. The maximum Gasteiger partial charge on any atom is 0.167 e. The number of nitrogens with zero attached hydrogens (tertiary/aromatic N) is 8. The molecule has 0 spiro atoms. The number of anilines is 2. The summed E-state index contributed by atoms with van der Waals surface area (Å²) in [5, 5.41) is 4.90. The highest BCUT2D eigenvalue weighted by Crippen LogP contribution is 2.34. The first-order valence-electron chi connectivity index (χ1n) is 13.7. The van der Waals surface area contributed by atoms with E-state index < -0.39 is 0 Å². The fourth-order valence-electron chi connectivity index (χ4n) is 5.76. The van der Waals surface area contributed by atoms with Crippen LogP contribution in [0.3, 0.4) is 0 Å². The number of nitrogens with two attached hydrogens (primary N) is 1. The summed E-state index contributed by atoms with van der Waals surface area (Å²) in [6, 6.07) is 16.6. The average Bonchev–Trinajstić information content (AvgIpc) is 3.70. The first-order chi connectivity index (χ1) is 19.7. The van der Waals surface area contributed by atoms with Gasteiger partial charge in [0.1, 0.15) is 17.1 Å². The molecule has 0 aliphatic carbocycles. The van der Waals surface area contributed by atoms with Gasteiger partial charge in [0, 0.05) is 57.1 Å². The van der Waals surface area contributed by atoms with Crippen LogP contribution in [0.2, 0.25) is 0 Å². The van der Waals surface area contributed by atoms with Gasteiger partial charge in [-0.15, -0.1) is 5.10 Å². The number of pyridine rings is 2. The molecule has 11 nitrogen and oxygen atoms in total. The van der Waals surface area contributed by atoms with Crippen molar-refractivity contribution in [2.75, 3.05) is 56.6 Å². The van der Waals surface area contributed by atoms with Gasteiger partial charge < -0.3 is 20.1 Å². The number of ether oxygens (including phenoxy) is 2. The molecule has 3 aliphatic heterocycles. The Balaban J connectivity index is 1.17. The van der Waals surface area contributed by atoms with E-state index in [0.29, 0.717) is 35.8 Å². The summed E-state index contributed by atoms with van der Waals surface area (Å²) in [5.74, 6) is 3.66. The molecular weight excluding hydrogens is 506 g/mol. The lowest BCUT2D eigenvalue weighted by molar-refractivity contribution is -0.0661. The van der Waals surface area contributed by atoms with Gasteiger partial charge in [-0.25, -0.2) is 19.6 Å². The third kappa shape index (κ3) is 3.89. The van der Waals surface area contributed by atoms with Gasteiger partial charge in [-0.05, 0) is 35.9 Å². The van der Waals surface area contributed by atoms with Crippen LogP contribution in [0.15, 0.2) is 60.9 Å². The van der Waals surface area contributed by atoms with E-state index in [1.54, 1.807) is 6.20 Å². The first kappa shape index (κ1) is 23.4. The molecule has 40 heavy (non-hydrogen) atoms. The Morgan fingerprint density at radius 3 is 2.65 bits per heavy atom. The molecule has 0 amide bonds. The van der Waals surface area contributed by atoms with Crippen LogP contribution in [-0.2, 0) is 11.2 Å². The van der Waals surface area contributed by atoms with Gasteiger partial charge in [-0.2, -0.15) is 0 Å². The minimum absolute atomic E-state index is 0.415. The lowest BCUT2D eigenvalue weighted by atomic mass is 10.1. The minimum Gasteiger partial charge on any atom is -0.493 e. The minimum atomic E-state index is 0.415. The number of nitrogen functional groups attached to an aromatic ring is 1. The Bertz CT molecular complexity index is 1720. The standard InChI is InChI=1S/C29H29N9O2/c30-27-22(2-1-9-31-27)28-32-23-5-6-25(33-29(23)38(28)20-4-3-19-8-15-40-24(19)16-20)37-10-7-26(34-37)36-13-11-35(12-14-36)21-17-39-18-21/h1-7,9-10,16,21H,8,11-15,17-18H2,(H2,30,31). The number of aromatic nitrogens is 6. The maximum absolute atomic E-state index is 6.30. The molecule has 3 aliphatic rings. The molecule has 11 heteroatoms. The van der Waals surface area contributed by atoms with Gasteiger partial charge in [0.05, 0.1) is 37.1 Å². The highest BCUT2D eigenvalue weighted by molar-refractivity contribution is 5.83. The second-order valence-electron chi connectivity index (χ2n) is 10.4. The van der Waals surface area contributed by atoms with Crippen LogP contribution in [0.5, 0.6) is 5.75 Å². The fraction of sp³-hybridized carbons (Fsp3) is 0.310. The van der Waals surface area contributed by atoms with Gasteiger partial charge in [0.15, 0.2) is 23.1 Å². The van der Waals surface area contributed by atoms with Crippen LogP contribution in [-0.4, -0.2) is 86.2 Å². The van der Waals surface area contributed by atoms with Crippen molar-refractivity contribution in [3.8, 4) is 28.6 Å². The normalized spacial score (nSPS) is 17.6. The molecule has 7 heterocycles. The number of imidazole rings is 1. The topological polar surface area (TPSA) is 112 Å². The van der Waals surface area contributed by atoms with Crippen LogP contribution in [0.25, 0.3) is 34.1 Å². The van der Waals surface area contributed by atoms with Gasteiger partial charge in [0.25, 0.3) is 0 Å². The number of piperazine rings is 1. The molecular formula is C29H29N9O2. The van der Waals surface area contributed by atoms with Gasteiger partial charge in [0.2, 0.25) is 0 Å². The summed E-state index contributed by atoms with van der Waals surface area (Å²) in [6.07, 6.45) is 4.57. The van der Waals surface area contributed by atoms with E-state index in [2.05, 4.69) is 39.0 Å². The van der Waals surface area contributed by atoms with Crippen LogP contribution in [0.1, 0.15) is 5.56 Å². The lowest BCUT2D eigenvalue weighted by Crippen LogP contribution is -2.56. The molecule has 8 rings (SSSR count). The van der Waals surface area contributed by atoms with E-state index in [1.165, 1.54) is 5.56 Å². The van der Waals surface area contributed by atoms with E-state index in [0.717, 1.165) is 74.1 Å². The molecule has 0 atom stereocenters. The summed E-state index contributed by atoms with van der Waals surface area (Å²) >= 11 is 0. The van der Waals surface area contributed by atoms with Crippen LogP contribution < -0.4 is 15.4 Å². The van der Waals surface area contributed by atoms with Crippen molar-refractivity contribution in [1.29, 1.82) is 0 Å². The Kier molecular flexibility index (Phi) is 5.45. The monoisotopic (exact) mass is 535 g/mol. The fourth-order valence-corrected chi connectivity index (χ4v) is 5.76. The number of hydrogen-bond acceptors (Lipinski definition) is 9. The van der Waals surface area contributed by atoms with Crippen molar-refractivity contribution in [1.82, 2.24) is 34.2 Å². The smallest absolute Gasteiger partial charge is 0.167 e. The lowest BCUT2D eigenvalue weighted by Gasteiger charge is -2.42. The van der Waals surface area contributed by atoms with Crippen LogP contribution in [0, 0.1) is 0 Å². The summed E-state index contributed by atoms with van der Waals surface area (Å²) in [7, 11) is 0. The molecule has 5 aromatic rings. The van der Waals surface area contributed by atoms with Gasteiger partial charge in [-0.1, -0.05) is 6.07 Å². The average molecular weight is 536 g/mol. The van der Waals surface area contributed by atoms with E-state index in [4.69, 9.17) is 30.3 Å². The quantitative estimate of drug-likeness (QED) is 0.363. The van der Waals surface area contributed by atoms with Crippen LogP contribution in [0.4, 0.5) is 11.6 Å². The molecule has 1 aromatic carbocycles. The summed E-state index contributed by atoms with van der Waals surface area (Å²) in [6.45, 7) is 6.34. The van der Waals surface area contributed by atoms with Gasteiger partial charge in [-0.3, -0.25) is 9.47 Å². The number of hydrogen-bond donors (Lipinski definition) is 1. The van der Waals surface area contributed by atoms with Crippen molar-refractivity contribution >= 4 is 22.8 Å². The van der Waals surface area contributed by atoms with Gasteiger partial charge >= 0.3 is 0 Å². The van der Waals surface area contributed by atoms with Crippen molar-refractivity contribution in [2.45, 2.75) is 12.5 Å². The number of rotatable bonds is 5. The molecule has 4 aromatic heterocycles. The Morgan fingerprint density at radius 2 is 1.82 bits per heavy atom. The van der Waals surface area contributed by atoms with Crippen molar-refractivity contribution in [2.24, 2.45) is 0 Å². The van der Waals surface area contributed by atoms with Crippen molar-refractivity contribution < 1.29 is 9.47 Å². The molecule has 0 bridgehead atoms. The predicted molar refractivity (Wildman–Crippen MR) is 151 cm³/mol. The van der Waals surface area contributed by atoms with E-state index in [1.807, 2.05) is 39.7 Å². The summed E-state index contributed by atoms with van der Waals surface area (Å²) in [4.78, 5) is 19.2. The Labute approximate surface area is 230 Å². The van der Waals surface area contributed by atoms with Crippen LogP contribution >= 0.6 is 0 Å². The third-order valence-corrected chi connectivity index (χ3v) is 8.09. The number of fused-ring (bicyclic) bond motifs is 2. The largest absolute Gasteiger partial charge is 0.493 e. The van der Waals surface area contributed by atoms with Crippen molar-refractivity contribution in [3.63, 3.8) is 0 Å². The highest BCUT2D eigenvalue weighted by atomic mass is 16.5. The zero-order valence-electron chi connectivity index (χ0n) is 22.0. The number of benzene rings is 1. The summed E-state index contributed by atoms with van der Waals surface area (Å²) in [5.41, 5.74) is 10.6. The van der Waals surface area contributed by atoms with E-state index in [-0.39, 0.29) is 0 Å². The zero-order valence-corrected chi connectivity index (χ0v) is 22.0. The molecule has 0 radical (unpaired) electrons. The second-order valence-corrected chi connectivity index (χ2v) is 10.4. The Morgan fingerprint density at radius 1 is 0.925 bits per heavy atom. The molecule has 2 fully saturated rings. The summed E-state index contributed by atoms with van der Waals surface area (Å²) < 4.78 is 15.1. The second kappa shape index (κ2) is 9.32. The predicted octanol–water partition coefficient (Wildman–Crippen LogP) is 2.71. The third-order valence-electron chi connectivity index (χ3n) is 8.09. The van der Waals surface area contributed by atoms with E-state index >= 15 is 0 Å².